The number of nitrogens with zero attached hydrogens (tertiary/aromatic N) is 8. The van der Waals surface area contributed by atoms with Gasteiger partial charge in [-0.15, -0.1) is 0 Å². The molecule has 7 rings (SSSR count). The van der Waals surface area contributed by atoms with Crippen molar-refractivity contribution in [3.63, 3.8) is 0 Å². The number of aromatic nitrogens is 5. The van der Waals surface area contributed by atoms with E-state index in [0.717, 1.165) is 73.0 Å². The second-order valence-electron chi connectivity index (χ2n) is 13.1. The lowest BCUT2D eigenvalue weighted by Crippen LogP contribution is -2.46. The lowest BCUT2D eigenvalue weighted by molar-refractivity contribution is -0.191. The molecule has 0 amide bonds. The second-order valence-corrected chi connectivity index (χ2v) is 13.1. The minimum atomic E-state index is -1.04. The molecule has 0 bridgehead atoms. The average molecular weight is 689 g/mol. The third-order valence-electron chi connectivity index (χ3n) is 9.95. The highest BCUT2D eigenvalue weighted by molar-refractivity contribution is 5.55. The van der Waals surface area contributed by atoms with Crippen LogP contribution in [0.2, 0.25) is 0 Å². The molecule has 2 aliphatic heterocycles. The number of hydrogen-bond acceptors (Lipinski definition) is 9. The molecule has 2 fully saturated rings. The van der Waals surface area contributed by atoms with Crippen molar-refractivity contribution < 1.29 is 14.2 Å². The summed E-state index contributed by atoms with van der Waals surface area (Å²) < 4.78 is 24.2. The van der Waals surface area contributed by atoms with Crippen molar-refractivity contribution in [1.82, 2.24) is 24.1 Å². The maximum absolute atomic E-state index is 13.0. The zero-order valence-electron chi connectivity index (χ0n) is 29.4. The number of aryl methyl sites for hydroxylation is 1. The number of benzene rings is 3. The van der Waals surface area contributed by atoms with E-state index in [0.29, 0.717) is 25.3 Å². The van der Waals surface area contributed by atoms with E-state index in [1.807, 2.05) is 55.6 Å². The predicted molar refractivity (Wildman–Crippen MR) is 194 cm³/mol. The van der Waals surface area contributed by atoms with Crippen LogP contribution in [0.15, 0.2) is 96.3 Å². The number of anilines is 2. The van der Waals surface area contributed by atoms with Gasteiger partial charge in [-0.25, -0.2) is 14.0 Å². The third-order valence-corrected chi connectivity index (χ3v) is 9.95. The minimum Gasteiger partial charge on any atom is -0.491 e. The first-order valence-electron chi connectivity index (χ1n) is 17.7. The Kier molecular flexibility index (Phi) is 9.92. The molecule has 2 aliphatic rings. The molecule has 0 radical (unpaired) electrons. The van der Waals surface area contributed by atoms with E-state index in [1.165, 1.54) is 0 Å². The van der Waals surface area contributed by atoms with E-state index in [1.54, 1.807) is 32.5 Å². The molecule has 4 heterocycles. The smallest absolute Gasteiger partial charge is 0.350 e. The van der Waals surface area contributed by atoms with Crippen LogP contribution in [-0.4, -0.2) is 69.6 Å². The summed E-state index contributed by atoms with van der Waals surface area (Å²) in [5.74, 6) is -0.271. The zero-order chi connectivity index (χ0) is 35.4. The Hall–Kier alpha value is -5.38. The van der Waals surface area contributed by atoms with Crippen LogP contribution < -0.4 is 20.2 Å². The van der Waals surface area contributed by atoms with E-state index in [9.17, 15) is 10.1 Å². The third kappa shape index (κ3) is 7.13. The molecule has 0 unspecified atom stereocenters. The van der Waals surface area contributed by atoms with Gasteiger partial charge >= 0.3 is 5.69 Å². The van der Waals surface area contributed by atoms with Crippen LogP contribution in [-0.2, 0) is 21.8 Å². The predicted octanol–water partition coefficient (Wildman–Crippen LogP) is 5.45. The highest BCUT2D eigenvalue weighted by Crippen LogP contribution is 2.38. The lowest BCUT2D eigenvalue weighted by atomic mass is 9.98. The van der Waals surface area contributed by atoms with Gasteiger partial charge in [0, 0.05) is 55.5 Å². The van der Waals surface area contributed by atoms with Crippen molar-refractivity contribution in [2.75, 3.05) is 49.2 Å². The largest absolute Gasteiger partial charge is 0.491 e. The van der Waals surface area contributed by atoms with Crippen LogP contribution in [0.25, 0.3) is 5.69 Å². The highest BCUT2D eigenvalue weighted by Gasteiger charge is 2.45. The topological polar surface area (TPSA) is 116 Å². The molecule has 2 aromatic heterocycles. The molecule has 2 saturated heterocycles. The van der Waals surface area contributed by atoms with Gasteiger partial charge in [0.2, 0.25) is 5.79 Å². The van der Waals surface area contributed by atoms with Gasteiger partial charge in [0.25, 0.3) is 0 Å². The number of hydrogen-bond donors (Lipinski definition) is 0. The fourth-order valence-electron chi connectivity index (χ4n) is 7.09. The quantitative estimate of drug-likeness (QED) is 0.169. The lowest BCUT2D eigenvalue weighted by Gasteiger charge is -2.37. The Morgan fingerprint density at radius 2 is 1.61 bits per heavy atom. The van der Waals surface area contributed by atoms with Gasteiger partial charge < -0.3 is 24.0 Å². The first-order chi connectivity index (χ1) is 24.9. The summed E-state index contributed by atoms with van der Waals surface area (Å²) in [6.45, 7) is 10.8. The second kappa shape index (κ2) is 14.8. The van der Waals surface area contributed by atoms with Gasteiger partial charge in [-0.05, 0) is 92.1 Å². The monoisotopic (exact) mass is 688 g/mol. The molecule has 3 aromatic carbocycles. The van der Waals surface area contributed by atoms with E-state index in [4.69, 9.17) is 14.2 Å². The molecule has 2 atom stereocenters. The highest BCUT2D eigenvalue weighted by atomic mass is 16.8. The Morgan fingerprint density at radius 3 is 2.22 bits per heavy atom. The average Bonchev–Trinajstić information content (AvgIpc) is 3.93. The molecule has 264 valence electrons. The Balaban J connectivity index is 0.927. The number of nitriles is 1. The first-order valence-corrected chi connectivity index (χ1v) is 17.7. The van der Waals surface area contributed by atoms with E-state index in [-0.39, 0.29) is 17.8 Å². The maximum atomic E-state index is 13.0. The Morgan fingerprint density at radius 1 is 0.941 bits per heavy atom. The van der Waals surface area contributed by atoms with E-state index >= 15 is 0 Å². The summed E-state index contributed by atoms with van der Waals surface area (Å²) in [7, 11) is 0. The molecular weight excluding hydrogens is 644 g/mol. The summed E-state index contributed by atoms with van der Waals surface area (Å²) in [5.41, 5.74) is 5.41. The van der Waals surface area contributed by atoms with Crippen molar-refractivity contribution in [2.24, 2.45) is 0 Å². The van der Waals surface area contributed by atoms with Gasteiger partial charge in [-0.3, -0.25) is 4.68 Å². The summed E-state index contributed by atoms with van der Waals surface area (Å²) in [4.78, 5) is 17.7. The number of ether oxygens (including phenoxy) is 3. The first kappa shape index (κ1) is 34.1. The van der Waals surface area contributed by atoms with Crippen LogP contribution in [0.3, 0.4) is 0 Å². The fraction of sp³-hybridized carbons (Fsp3) is 0.385. The van der Waals surface area contributed by atoms with E-state index < -0.39 is 5.79 Å². The molecule has 0 saturated carbocycles. The molecule has 51 heavy (non-hydrogen) atoms. The van der Waals surface area contributed by atoms with Crippen molar-refractivity contribution in [3.05, 3.63) is 119 Å². The Labute approximate surface area is 298 Å². The molecule has 12 nitrogen and oxygen atoms in total. The van der Waals surface area contributed by atoms with Crippen LogP contribution in [0.5, 0.6) is 5.75 Å². The standard InChI is InChI=1S/C39H44N8O4/c1-4-31(5-2)47-38(48)46(28-42-47)34-10-8-32(9-11-34)43-19-21-44(22-20-43)33-12-14-35(15-13-33)49-25-36-26-50-39(51-36,27-45-18-6-17-41-45)37-16-7-30(24-40)23-29(37)3/h6-18,23,28,31,36H,4-5,19-22,25-27H2,1-3H3/t36-,39-/m1/s1. The number of piperazine rings is 1. The molecule has 0 aliphatic carbocycles. The summed E-state index contributed by atoms with van der Waals surface area (Å²) in [6.07, 6.45) is 6.70. The van der Waals surface area contributed by atoms with Crippen LogP contribution >= 0.6 is 0 Å². The molecule has 5 aromatic rings. The van der Waals surface area contributed by atoms with Gasteiger partial charge in [0.1, 0.15) is 24.8 Å². The fourth-order valence-corrected chi connectivity index (χ4v) is 7.09. The van der Waals surface area contributed by atoms with Gasteiger partial charge in [-0.2, -0.15) is 15.5 Å². The normalized spacial score (nSPS) is 19.1. The van der Waals surface area contributed by atoms with Crippen molar-refractivity contribution in [1.29, 1.82) is 5.26 Å². The molecular formula is C39H44N8O4. The van der Waals surface area contributed by atoms with Crippen LogP contribution in [0, 0.1) is 18.3 Å². The minimum absolute atomic E-state index is 0.0967. The maximum Gasteiger partial charge on any atom is 0.350 e. The van der Waals surface area contributed by atoms with Crippen molar-refractivity contribution in [2.45, 2.75) is 58.1 Å². The van der Waals surface area contributed by atoms with Gasteiger partial charge in [-0.1, -0.05) is 19.9 Å². The summed E-state index contributed by atoms with van der Waals surface area (Å²) in [6, 6.07) is 26.1. The zero-order valence-corrected chi connectivity index (χ0v) is 29.4. The van der Waals surface area contributed by atoms with E-state index in [2.05, 4.69) is 64.2 Å². The molecule has 0 N–H and O–H groups in total. The molecule has 0 spiro atoms. The van der Waals surface area contributed by atoms with Crippen LogP contribution in [0.4, 0.5) is 11.4 Å². The van der Waals surface area contributed by atoms with Gasteiger partial charge in [0.15, 0.2) is 0 Å². The van der Waals surface area contributed by atoms with Gasteiger partial charge in [0.05, 0.1) is 36.5 Å². The van der Waals surface area contributed by atoms with Crippen molar-refractivity contribution >= 4 is 11.4 Å². The summed E-state index contributed by atoms with van der Waals surface area (Å²) in [5, 5.41) is 18.1. The van der Waals surface area contributed by atoms with Crippen LogP contribution in [0.1, 0.15) is 49.4 Å². The summed E-state index contributed by atoms with van der Waals surface area (Å²) >= 11 is 0. The molecule has 12 heteroatoms. The number of rotatable bonds is 12. The van der Waals surface area contributed by atoms with Crippen molar-refractivity contribution in [3.8, 4) is 17.5 Å². The Bertz CT molecular complexity index is 2000. The SMILES string of the molecule is CCC(CC)n1ncn(-c2ccc(N3CCN(c4ccc(OC[C@@H]5CO[C@@](Cn6cccn6)(c6ccc(C#N)cc6C)O5)cc4)CC3)cc2)c1=O.